The van der Waals surface area contributed by atoms with Gasteiger partial charge in [0.1, 0.15) is 11.6 Å². The first-order chi connectivity index (χ1) is 16.7. The van der Waals surface area contributed by atoms with E-state index in [9.17, 15) is 27.2 Å². The highest BCUT2D eigenvalue weighted by molar-refractivity contribution is 5.99. The van der Waals surface area contributed by atoms with Crippen molar-refractivity contribution in [1.82, 2.24) is 19.7 Å². The standard InChI is InChI=1S/C24H27F4N5O2.2ClH/c25-20-5-2-1-4-18(20)15-31-16-22(34)33(23(35)17-31)9-3-8-30-10-12-32(13-11-30)21-7-6-19(14-29-21)24(26,27)28;;/h1-2,4-7,14H,3,8-13,15-17H2;2*1H. The fourth-order valence-corrected chi connectivity index (χ4v) is 4.37. The number of aromatic nitrogens is 1. The molecule has 1 aromatic carbocycles. The number of benzene rings is 1. The molecule has 4 rings (SSSR count). The molecule has 2 aromatic rings. The summed E-state index contributed by atoms with van der Waals surface area (Å²) in [5.74, 6) is -0.405. The molecule has 0 bridgehead atoms. The summed E-state index contributed by atoms with van der Waals surface area (Å²) in [5, 5.41) is 0. The first-order valence-electron chi connectivity index (χ1n) is 11.5. The van der Waals surface area contributed by atoms with Crippen molar-refractivity contribution in [1.29, 1.82) is 0 Å². The number of piperazine rings is 2. The molecule has 0 radical (unpaired) electrons. The van der Waals surface area contributed by atoms with Crippen LogP contribution >= 0.6 is 24.8 Å². The number of carbonyl (C=O) groups is 2. The highest BCUT2D eigenvalue weighted by Gasteiger charge is 2.32. The Morgan fingerprint density at radius 2 is 1.49 bits per heavy atom. The molecule has 2 saturated heterocycles. The van der Waals surface area contributed by atoms with Crippen molar-refractivity contribution in [3.63, 3.8) is 0 Å². The van der Waals surface area contributed by atoms with E-state index >= 15 is 0 Å². The predicted molar refractivity (Wildman–Crippen MR) is 135 cm³/mol. The van der Waals surface area contributed by atoms with E-state index in [1.807, 2.05) is 4.90 Å². The molecule has 0 N–H and O–H groups in total. The molecule has 2 amide bonds. The molecule has 1 aromatic heterocycles. The normalized spacial score (nSPS) is 17.4. The third kappa shape index (κ3) is 8.00. The molecular weight excluding hydrogens is 537 g/mol. The number of amides is 2. The Kier molecular flexibility index (Phi) is 11.1. The molecule has 0 unspecified atom stereocenters. The van der Waals surface area contributed by atoms with Gasteiger partial charge in [0.05, 0.1) is 18.7 Å². The lowest BCUT2D eigenvalue weighted by molar-refractivity contribution is -0.151. The third-order valence-corrected chi connectivity index (χ3v) is 6.30. The number of nitrogens with zero attached hydrogens (tertiary/aromatic N) is 5. The Bertz CT molecular complexity index is 1030. The molecule has 3 heterocycles. The van der Waals surface area contributed by atoms with E-state index in [1.54, 1.807) is 23.1 Å². The van der Waals surface area contributed by atoms with Gasteiger partial charge >= 0.3 is 6.18 Å². The van der Waals surface area contributed by atoms with Crippen molar-refractivity contribution in [2.24, 2.45) is 0 Å². The highest BCUT2D eigenvalue weighted by Crippen LogP contribution is 2.29. The maximum absolute atomic E-state index is 13.9. The van der Waals surface area contributed by atoms with E-state index in [4.69, 9.17) is 0 Å². The molecule has 7 nitrogen and oxygen atoms in total. The zero-order valence-corrected chi connectivity index (χ0v) is 21.6. The van der Waals surface area contributed by atoms with Crippen molar-refractivity contribution in [2.45, 2.75) is 19.1 Å². The summed E-state index contributed by atoms with van der Waals surface area (Å²) in [5.41, 5.74) is -0.316. The van der Waals surface area contributed by atoms with Crippen LogP contribution < -0.4 is 4.90 Å². The van der Waals surface area contributed by atoms with Crippen LogP contribution in [-0.2, 0) is 22.3 Å². The Balaban J connectivity index is 0.00000241. The monoisotopic (exact) mass is 565 g/mol. The zero-order chi connectivity index (χ0) is 25.0. The number of hydrogen-bond acceptors (Lipinski definition) is 6. The molecule has 2 fully saturated rings. The van der Waals surface area contributed by atoms with Crippen LogP contribution in [0.1, 0.15) is 17.5 Å². The second-order valence-electron chi connectivity index (χ2n) is 8.76. The van der Waals surface area contributed by atoms with E-state index < -0.39 is 11.7 Å². The molecule has 204 valence electrons. The molecule has 13 heteroatoms. The van der Waals surface area contributed by atoms with Crippen LogP contribution in [0.3, 0.4) is 0 Å². The van der Waals surface area contributed by atoms with Gasteiger partial charge in [0, 0.05) is 51.0 Å². The lowest BCUT2D eigenvalue weighted by Gasteiger charge is -2.36. The van der Waals surface area contributed by atoms with Crippen molar-refractivity contribution in [2.75, 3.05) is 57.3 Å². The maximum atomic E-state index is 13.9. The lowest BCUT2D eigenvalue weighted by Crippen LogP contribution is -2.54. The average molecular weight is 566 g/mol. The maximum Gasteiger partial charge on any atom is 0.417 e. The van der Waals surface area contributed by atoms with E-state index in [2.05, 4.69) is 9.88 Å². The van der Waals surface area contributed by atoms with Gasteiger partial charge in [-0.05, 0) is 31.2 Å². The molecule has 0 spiro atoms. The van der Waals surface area contributed by atoms with E-state index in [1.165, 1.54) is 17.0 Å². The van der Waals surface area contributed by atoms with Gasteiger partial charge in [0.25, 0.3) is 0 Å². The molecule has 0 saturated carbocycles. The smallest absolute Gasteiger partial charge is 0.354 e. The van der Waals surface area contributed by atoms with Crippen LogP contribution in [0.5, 0.6) is 0 Å². The Morgan fingerprint density at radius 1 is 0.838 bits per heavy atom. The number of imide groups is 1. The Labute approximate surface area is 225 Å². The molecule has 2 aliphatic rings. The van der Waals surface area contributed by atoms with Crippen molar-refractivity contribution in [3.8, 4) is 0 Å². The number of pyridine rings is 1. The van der Waals surface area contributed by atoms with Crippen LogP contribution in [0.15, 0.2) is 42.6 Å². The number of halogens is 6. The fourth-order valence-electron chi connectivity index (χ4n) is 4.37. The summed E-state index contributed by atoms with van der Waals surface area (Å²) >= 11 is 0. The second kappa shape index (κ2) is 13.4. The largest absolute Gasteiger partial charge is 0.417 e. The summed E-state index contributed by atoms with van der Waals surface area (Å²) in [6, 6.07) is 8.75. The van der Waals surface area contributed by atoms with Crippen LogP contribution in [-0.4, -0.2) is 83.9 Å². The van der Waals surface area contributed by atoms with Crippen LogP contribution in [0.25, 0.3) is 0 Å². The minimum absolute atomic E-state index is 0. The van der Waals surface area contributed by atoms with Crippen molar-refractivity contribution < 1.29 is 27.2 Å². The summed E-state index contributed by atoms with van der Waals surface area (Å²) in [6.45, 7) is 4.04. The molecule has 37 heavy (non-hydrogen) atoms. The zero-order valence-electron chi connectivity index (χ0n) is 20.0. The molecule has 0 atom stereocenters. The first kappa shape index (κ1) is 30.8. The van der Waals surface area contributed by atoms with E-state index in [0.717, 1.165) is 12.3 Å². The van der Waals surface area contributed by atoms with Gasteiger partial charge < -0.3 is 4.90 Å². The third-order valence-electron chi connectivity index (χ3n) is 6.30. The summed E-state index contributed by atoms with van der Waals surface area (Å²) < 4.78 is 52.0. The topological polar surface area (TPSA) is 60.0 Å². The van der Waals surface area contributed by atoms with Crippen LogP contribution in [0.4, 0.5) is 23.4 Å². The highest BCUT2D eigenvalue weighted by atomic mass is 35.5. The van der Waals surface area contributed by atoms with Gasteiger partial charge in [-0.3, -0.25) is 24.3 Å². The average Bonchev–Trinajstić information content (AvgIpc) is 2.82. The van der Waals surface area contributed by atoms with Gasteiger partial charge in [0.15, 0.2) is 0 Å². The van der Waals surface area contributed by atoms with Gasteiger partial charge in [-0.25, -0.2) is 9.37 Å². The number of hydrogen-bond donors (Lipinski definition) is 0. The number of alkyl halides is 3. The van der Waals surface area contributed by atoms with E-state index in [0.29, 0.717) is 57.1 Å². The first-order valence-corrected chi connectivity index (χ1v) is 11.5. The Morgan fingerprint density at radius 3 is 2.05 bits per heavy atom. The number of carbonyl (C=O) groups excluding carboxylic acids is 2. The molecular formula is C24H29Cl2F4N5O2. The summed E-state index contributed by atoms with van der Waals surface area (Å²) in [7, 11) is 0. The second-order valence-corrected chi connectivity index (χ2v) is 8.76. The Hall–Kier alpha value is -2.47. The molecule has 0 aliphatic carbocycles. The fraction of sp³-hybridized carbons (Fsp3) is 0.458. The van der Waals surface area contributed by atoms with Gasteiger partial charge in [-0.15, -0.1) is 24.8 Å². The van der Waals surface area contributed by atoms with Gasteiger partial charge in [0.2, 0.25) is 11.8 Å². The minimum atomic E-state index is -4.40. The number of rotatable bonds is 7. The SMILES string of the molecule is Cl.Cl.O=C1CN(Cc2ccccc2F)CC(=O)N1CCCN1CCN(c2ccc(C(F)(F)F)cn2)CC1. The molecule has 2 aliphatic heterocycles. The minimum Gasteiger partial charge on any atom is -0.354 e. The van der Waals surface area contributed by atoms with Gasteiger partial charge in [-0.1, -0.05) is 18.2 Å². The van der Waals surface area contributed by atoms with Crippen LogP contribution in [0, 0.1) is 5.82 Å². The van der Waals surface area contributed by atoms with E-state index in [-0.39, 0.29) is 62.1 Å². The van der Waals surface area contributed by atoms with Gasteiger partial charge in [-0.2, -0.15) is 13.2 Å². The quantitative estimate of drug-likeness (QED) is 0.378. The predicted octanol–water partition coefficient (Wildman–Crippen LogP) is 3.47. The summed E-state index contributed by atoms with van der Waals surface area (Å²) in [6.07, 6.45) is -2.92. The number of anilines is 1. The van der Waals surface area contributed by atoms with Crippen molar-refractivity contribution in [3.05, 3.63) is 59.5 Å². The summed E-state index contributed by atoms with van der Waals surface area (Å²) in [4.78, 5) is 36.1. The van der Waals surface area contributed by atoms with Crippen LogP contribution in [0.2, 0.25) is 0 Å². The van der Waals surface area contributed by atoms with Crippen molar-refractivity contribution >= 4 is 42.4 Å². The lowest BCUT2D eigenvalue weighted by atomic mass is 10.1.